The molecule has 8 heteroatoms. The van der Waals surface area contributed by atoms with Crippen LogP contribution in [0, 0.1) is 0 Å². The molecule has 6 nitrogen and oxygen atoms in total. The van der Waals surface area contributed by atoms with E-state index in [0.717, 1.165) is 0 Å². The molecule has 0 bridgehead atoms. The van der Waals surface area contributed by atoms with E-state index in [1.165, 1.54) is 18.9 Å². The maximum absolute atomic E-state index is 12.5. The number of rotatable bonds is 8. The highest BCUT2D eigenvalue weighted by Gasteiger charge is 2.21. The van der Waals surface area contributed by atoms with Crippen LogP contribution in [-0.4, -0.2) is 41.7 Å². The lowest BCUT2D eigenvalue weighted by Crippen LogP contribution is -2.13. The van der Waals surface area contributed by atoms with Gasteiger partial charge in [0.15, 0.2) is 17.3 Å². The van der Waals surface area contributed by atoms with Gasteiger partial charge in [-0.1, -0.05) is 11.8 Å². The number of benzene rings is 1. The molecule has 0 spiro atoms. The maximum atomic E-state index is 12.5. The number of ketones is 1. The van der Waals surface area contributed by atoms with E-state index < -0.39 is 0 Å². The van der Waals surface area contributed by atoms with Crippen LogP contribution in [0.2, 0.25) is 0 Å². The SMILES string of the molecule is COc1ccc(C(=O)C(C)Sc2nnc(CSC)o2)cc1OC. The number of thioether (sulfide) groups is 2. The second-order valence-electron chi connectivity index (χ2n) is 4.59. The van der Waals surface area contributed by atoms with Crippen LogP contribution in [0.25, 0.3) is 0 Å². The molecule has 1 unspecified atom stereocenters. The van der Waals surface area contributed by atoms with E-state index >= 15 is 0 Å². The highest BCUT2D eigenvalue weighted by atomic mass is 32.2. The van der Waals surface area contributed by atoms with E-state index in [-0.39, 0.29) is 11.0 Å². The molecular weight excluding hydrogens is 336 g/mol. The number of carbonyl (C=O) groups excluding carboxylic acids is 1. The molecule has 1 heterocycles. The fraction of sp³-hybridized carbons (Fsp3) is 0.400. The molecule has 0 N–H and O–H groups in total. The summed E-state index contributed by atoms with van der Waals surface area (Å²) in [5, 5.41) is 7.93. The average molecular weight is 354 g/mol. The molecule has 124 valence electrons. The molecule has 0 saturated heterocycles. The van der Waals surface area contributed by atoms with Gasteiger partial charge < -0.3 is 13.9 Å². The molecule has 0 saturated carbocycles. The number of hydrogen-bond acceptors (Lipinski definition) is 8. The number of aromatic nitrogens is 2. The quantitative estimate of drug-likeness (QED) is 0.528. The fourth-order valence-electron chi connectivity index (χ4n) is 1.90. The number of carbonyl (C=O) groups is 1. The van der Waals surface area contributed by atoms with Crippen molar-refractivity contribution in [1.29, 1.82) is 0 Å². The fourth-order valence-corrected chi connectivity index (χ4v) is 3.04. The van der Waals surface area contributed by atoms with Crippen molar-refractivity contribution in [1.82, 2.24) is 10.2 Å². The average Bonchev–Trinajstić information content (AvgIpc) is 3.00. The van der Waals surface area contributed by atoms with Gasteiger partial charge in [0.2, 0.25) is 5.89 Å². The first-order valence-corrected chi connectivity index (χ1v) is 9.10. The van der Waals surface area contributed by atoms with E-state index in [0.29, 0.717) is 33.9 Å². The maximum Gasteiger partial charge on any atom is 0.277 e. The van der Waals surface area contributed by atoms with E-state index in [4.69, 9.17) is 13.9 Å². The lowest BCUT2D eigenvalue weighted by atomic mass is 10.1. The Bertz CT molecular complexity index is 675. The molecule has 0 aliphatic heterocycles. The summed E-state index contributed by atoms with van der Waals surface area (Å²) in [4.78, 5) is 12.5. The molecule has 1 atom stereocenters. The smallest absolute Gasteiger partial charge is 0.277 e. The van der Waals surface area contributed by atoms with E-state index in [2.05, 4.69) is 10.2 Å². The zero-order chi connectivity index (χ0) is 16.8. The lowest BCUT2D eigenvalue weighted by molar-refractivity contribution is 0.0993. The van der Waals surface area contributed by atoms with Gasteiger partial charge in [0.05, 0.1) is 25.2 Å². The van der Waals surface area contributed by atoms with Crippen LogP contribution in [0.5, 0.6) is 11.5 Å². The first-order chi connectivity index (χ1) is 11.1. The minimum Gasteiger partial charge on any atom is -0.493 e. The topological polar surface area (TPSA) is 74.5 Å². The van der Waals surface area contributed by atoms with E-state index in [1.807, 2.05) is 13.2 Å². The van der Waals surface area contributed by atoms with E-state index in [1.54, 1.807) is 37.1 Å². The van der Waals surface area contributed by atoms with Crippen molar-refractivity contribution >= 4 is 29.3 Å². The molecule has 23 heavy (non-hydrogen) atoms. The van der Waals surface area contributed by atoms with Crippen molar-refractivity contribution < 1.29 is 18.7 Å². The Morgan fingerprint density at radius 1 is 1.26 bits per heavy atom. The van der Waals surface area contributed by atoms with Gasteiger partial charge in [-0.3, -0.25) is 4.79 Å². The van der Waals surface area contributed by atoms with Crippen LogP contribution in [0.1, 0.15) is 23.2 Å². The summed E-state index contributed by atoms with van der Waals surface area (Å²) in [7, 11) is 3.09. The van der Waals surface area contributed by atoms with Crippen molar-refractivity contribution in [2.24, 2.45) is 0 Å². The highest BCUT2D eigenvalue weighted by Crippen LogP contribution is 2.30. The zero-order valence-electron chi connectivity index (χ0n) is 13.4. The van der Waals surface area contributed by atoms with Gasteiger partial charge in [0.25, 0.3) is 5.22 Å². The number of ether oxygens (including phenoxy) is 2. The van der Waals surface area contributed by atoms with Gasteiger partial charge in [-0.2, -0.15) is 11.8 Å². The van der Waals surface area contributed by atoms with Gasteiger partial charge in [-0.05, 0) is 31.4 Å². The second-order valence-corrected chi connectivity index (χ2v) is 6.75. The third-order valence-electron chi connectivity index (χ3n) is 3.03. The molecule has 0 amide bonds. The second kappa shape index (κ2) is 8.26. The van der Waals surface area contributed by atoms with Crippen LogP contribution in [0.4, 0.5) is 0 Å². The molecular formula is C15H18N2O4S2. The van der Waals surface area contributed by atoms with Crippen molar-refractivity contribution in [2.45, 2.75) is 23.1 Å². The third kappa shape index (κ3) is 4.42. The van der Waals surface area contributed by atoms with Crippen LogP contribution in [-0.2, 0) is 5.75 Å². The lowest BCUT2D eigenvalue weighted by Gasteiger charge is -2.11. The normalized spacial score (nSPS) is 12.0. The number of hydrogen-bond donors (Lipinski definition) is 0. The summed E-state index contributed by atoms with van der Waals surface area (Å²) in [5.41, 5.74) is 0.548. The van der Waals surface area contributed by atoms with Crippen molar-refractivity contribution in [2.75, 3.05) is 20.5 Å². The van der Waals surface area contributed by atoms with Crippen molar-refractivity contribution in [3.8, 4) is 11.5 Å². The predicted octanol–water partition coefficient (Wildman–Crippen LogP) is 3.31. The van der Waals surface area contributed by atoms with Gasteiger partial charge in [0, 0.05) is 5.56 Å². The minimum atomic E-state index is -0.351. The van der Waals surface area contributed by atoms with Crippen LogP contribution in [0.15, 0.2) is 27.8 Å². The molecule has 0 fully saturated rings. The van der Waals surface area contributed by atoms with Gasteiger partial charge in [-0.15, -0.1) is 10.2 Å². The summed E-state index contributed by atoms with van der Waals surface area (Å²) in [5.74, 6) is 2.29. The predicted molar refractivity (Wildman–Crippen MR) is 90.7 cm³/mol. The zero-order valence-corrected chi connectivity index (χ0v) is 15.0. The Kier molecular flexibility index (Phi) is 6.35. The van der Waals surface area contributed by atoms with Gasteiger partial charge in [-0.25, -0.2) is 0 Å². The number of nitrogens with zero attached hydrogens (tertiary/aromatic N) is 2. The summed E-state index contributed by atoms with van der Waals surface area (Å²) >= 11 is 2.84. The Morgan fingerprint density at radius 2 is 2.00 bits per heavy atom. The first kappa shape index (κ1) is 17.7. The van der Waals surface area contributed by atoms with E-state index in [9.17, 15) is 4.79 Å². The Balaban J connectivity index is 2.09. The molecule has 0 aliphatic rings. The van der Waals surface area contributed by atoms with Gasteiger partial charge in [0.1, 0.15) is 0 Å². The molecule has 2 rings (SSSR count). The number of methoxy groups -OCH3 is 2. The third-order valence-corrected chi connectivity index (χ3v) is 4.50. The molecule has 2 aromatic rings. The summed E-state index contributed by atoms with van der Waals surface area (Å²) in [6, 6.07) is 5.10. The van der Waals surface area contributed by atoms with Gasteiger partial charge >= 0.3 is 0 Å². The summed E-state index contributed by atoms with van der Waals surface area (Å²) in [6.07, 6.45) is 1.96. The van der Waals surface area contributed by atoms with Crippen molar-refractivity contribution in [3.05, 3.63) is 29.7 Å². The largest absolute Gasteiger partial charge is 0.493 e. The first-order valence-electron chi connectivity index (χ1n) is 6.83. The van der Waals surface area contributed by atoms with Crippen LogP contribution in [0.3, 0.4) is 0 Å². The molecule has 1 aromatic heterocycles. The summed E-state index contributed by atoms with van der Waals surface area (Å²) < 4.78 is 15.9. The van der Waals surface area contributed by atoms with Crippen molar-refractivity contribution in [3.63, 3.8) is 0 Å². The Hall–Kier alpha value is -1.67. The Labute approximate surface area is 143 Å². The standard InChI is InChI=1S/C15H18N2O4S2/c1-9(23-15-17-16-13(21-15)8-22-4)14(18)10-5-6-11(19-2)12(7-10)20-3/h5-7,9H,8H2,1-4H3. The highest BCUT2D eigenvalue weighted by molar-refractivity contribution is 8.00. The van der Waals surface area contributed by atoms with Crippen LogP contribution < -0.4 is 9.47 Å². The monoisotopic (exact) mass is 354 g/mol. The summed E-state index contributed by atoms with van der Waals surface area (Å²) in [6.45, 7) is 1.81. The van der Waals surface area contributed by atoms with Crippen LogP contribution >= 0.6 is 23.5 Å². The Morgan fingerprint density at radius 3 is 2.65 bits per heavy atom. The number of Topliss-reactive ketones (excluding diaryl/α,β-unsaturated/α-hetero) is 1. The molecule has 1 aromatic carbocycles. The molecule has 0 aliphatic carbocycles. The molecule has 0 radical (unpaired) electrons. The minimum absolute atomic E-state index is 0.0411.